The summed E-state index contributed by atoms with van der Waals surface area (Å²) >= 11 is 0. The van der Waals surface area contributed by atoms with Crippen LogP contribution in [0.15, 0.2) is 36.8 Å². The number of carbonyl (C=O) groups is 1. The predicted octanol–water partition coefficient (Wildman–Crippen LogP) is 3.12. The average Bonchev–Trinajstić information content (AvgIpc) is 3.67. The monoisotopic (exact) mass is 511 g/mol. The number of fused-ring (bicyclic) bond motifs is 1. The molecule has 12 heteroatoms. The van der Waals surface area contributed by atoms with Gasteiger partial charge in [-0.25, -0.2) is 9.97 Å². The zero-order valence-electron chi connectivity index (χ0n) is 21.0. The number of ether oxygens (including phenoxy) is 2. The number of rotatable bonds is 5. The summed E-state index contributed by atoms with van der Waals surface area (Å²) in [6, 6.07) is 8.77. The van der Waals surface area contributed by atoms with Gasteiger partial charge in [0.25, 0.3) is 5.91 Å². The number of pyridine rings is 2. The number of likely N-dealkylation sites (tertiary alicyclic amines) is 1. The number of nitriles is 1. The minimum atomic E-state index is -0.120. The van der Waals surface area contributed by atoms with E-state index in [1.54, 1.807) is 35.2 Å². The number of hydrogen-bond acceptors (Lipinski definition) is 10. The van der Waals surface area contributed by atoms with Crippen LogP contribution in [0.25, 0.3) is 11.2 Å². The molecular formula is C26H25N9O3. The fourth-order valence-corrected chi connectivity index (χ4v) is 4.94. The topological polar surface area (TPSA) is 144 Å². The highest BCUT2D eigenvalue weighted by molar-refractivity contribution is 5.93. The van der Waals surface area contributed by atoms with Gasteiger partial charge in [-0.3, -0.25) is 4.79 Å². The summed E-state index contributed by atoms with van der Waals surface area (Å²) < 4.78 is 13.4. The molecule has 1 N–H and O–H groups in total. The normalized spacial score (nSPS) is 18.7. The molecule has 2 aliphatic rings. The highest BCUT2D eigenvalue weighted by atomic mass is 16.5. The summed E-state index contributed by atoms with van der Waals surface area (Å²) in [6.07, 6.45) is 5.11. The Balaban J connectivity index is 1.22. The van der Waals surface area contributed by atoms with E-state index in [-0.39, 0.29) is 11.3 Å². The van der Waals surface area contributed by atoms with Crippen molar-refractivity contribution in [1.29, 1.82) is 5.26 Å². The Hall–Kier alpha value is -4.63. The quantitative estimate of drug-likeness (QED) is 0.424. The number of nitrogens with zero attached hydrogens (tertiary/aromatic N) is 8. The molecule has 1 spiro atoms. The molecule has 0 bridgehead atoms. The maximum absolute atomic E-state index is 13.0. The van der Waals surface area contributed by atoms with Gasteiger partial charge in [0, 0.05) is 38.2 Å². The number of carbonyl (C=O) groups excluding carboxylic acids is 1. The molecule has 0 aromatic carbocycles. The number of aryl methyl sites for hydroxylation is 2. The van der Waals surface area contributed by atoms with Crippen LogP contribution in [0.4, 0.5) is 11.5 Å². The van der Waals surface area contributed by atoms with E-state index in [0.29, 0.717) is 65.4 Å². The lowest BCUT2D eigenvalue weighted by Gasteiger charge is -2.21. The van der Waals surface area contributed by atoms with Crippen molar-refractivity contribution in [2.75, 3.05) is 31.6 Å². The maximum Gasteiger partial charge on any atom is 0.274 e. The third kappa shape index (κ3) is 4.37. The molecule has 1 amide bonds. The lowest BCUT2D eigenvalue weighted by Crippen LogP contribution is -2.33. The van der Waals surface area contributed by atoms with E-state index in [1.165, 1.54) is 6.20 Å². The molecule has 4 aromatic rings. The summed E-state index contributed by atoms with van der Waals surface area (Å²) in [4.78, 5) is 28.0. The van der Waals surface area contributed by atoms with Gasteiger partial charge >= 0.3 is 0 Å². The molecule has 6 rings (SSSR count). The van der Waals surface area contributed by atoms with Gasteiger partial charge in [-0.05, 0) is 43.5 Å². The molecular weight excluding hydrogens is 486 g/mol. The van der Waals surface area contributed by atoms with Gasteiger partial charge in [-0.15, -0.1) is 10.2 Å². The number of imidazole rings is 1. The Morgan fingerprint density at radius 1 is 1.24 bits per heavy atom. The second-order valence-electron chi connectivity index (χ2n) is 9.79. The lowest BCUT2D eigenvalue weighted by molar-refractivity contribution is 0.0759. The second-order valence-corrected chi connectivity index (χ2v) is 9.79. The van der Waals surface area contributed by atoms with Crippen LogP contribution in [0.3, 0.4) is 0 Å². The smallest absolute Gasteiger partial charge is 0.274 e. The van der Waals surface area contributed by atoms with Crippen LogP contribution in [0.2, 0.25) is 0 Å². The van der Waals surface area contributed by atoms with E-state index >= 15 is 0 Å². The molecule has 1 atom stereocenters. The van der Waals surface area contributed by atoms with Gasteiger partial charge in [-0.1, -0.05) is 0 Å². The summed E-state index contributed by atoms with van der Waals surface area (Å²) in [5.41, 5.74) is 3.29. The fraction of sp³-hybridized carbons (Fsp3) is 0.346. The lowest BCUT2D eigenvalue weighted by atomic mass is 9.87. The summed E-state index contributed by atoms with van der Waals surface area (Å²) in [6.45, 7) is 4.71. The summed E-state index contributed by atoms with van der Waals surface area (Å²) in [5, 5.41) is 20.7. The van der Waals surface area contributed by atoms with Crippen molar-refractivity contribution in [2.45, 2.75) is 19.8 Å². The highest BCUT2D eigenvalue weighted by Crippen LogP contribution is 2.38. The molecule has 0 aliphatic carbocycles. The van der Waals surface area contributed by atoms with Crippen molar-refractivity contribution in [1.82, 2.24) is 34.6 Å². The van der Waals surface area contributed by atoms with E-state index < -0.39 is 0 Å². The molecule has 6 heterocycles. The first-order valence-corrected chi connectivity index (χ1v) is 12.3. The van der Waals surface area contributed by atoms with Gasteiger partial charge in [-0.2, -0.15) is 10.2 Å². The van der Waals surface area contributed by atoms with Crippen molar-refractivity contribution in [2.24, 2.45) is 12.5 Å². The second kappa shape index (κ2) is 9.35. The predicted molar refractivity (Wildman–Crippen MR) is 136 cm³/mol. The van der Waals surface area contributed by atoms with Crippen LogP contribution in [-0.2, 0) is 11.8 Å². The number of nitrogens with one attached hydrogen (secondary N) is 1. The van der Waals surface area contributed by atoms with Crippen molar-refractivity contribution >= 4 is 28.6 Å². The van der Waals surface area contributed by atoms with Crippen molar-refractivity contribution in [3.63, 3.8) is 0 Å². The Morgan fingerprint density at radius 3 is 2.87 bits per heavy atom. The maximum atomic E-state index is 13.0. The van der Waals surface area contributed by atoms with E-state index in [9.17, 15) is 4.79 Å². The molecule has 12 nitrogen and oxygen atoms in total. The molecule has 4 aromatic heterocycles. The molecule has 192 valence electrons. The third-order valence-corrected chi connectivity index (χ3v) is 7.09. The zero-order chi connectivity index (χ0) is 26.3. The van der Waals surface area contributed by atoms with Crippen molar-refractivity contribution in [3.8, 4) is 17.7 Å². The van der Waals surface area contributed by atoms with E-state index in [2.05, 4.69) is 30.5 Å². The first-order chi connectivity index (χ1) is 18.4. The van der Waals surface area contributed by atoms with Gasteiger partial charge in [0.15, 0.2) is 22.9 Å². The molecule has 1 unspecified atom stereocenters. The zero-order valence-corrected chi connectivity index (χ0v) is 21.0. The first-order valence-electron chi connectivity index (χ1n) is 12.3. The molecule has 38 heavy (non-hydrogen) atoms. The third-order valence-electron chi connectivity index (χ3n) is 7.09. The fourth-order valence-electron chi connectivity index (χ4n) is 4.94. The standard InChI is InChI=1S/C26H25N9O3/c1-16-9-17(11-27)28-12-20(16)38-22-10-19(23-24(31-22)34(2)15-29-23)30-21-4-3-18(32-33-21)25(36)35-7-5-26(13-35)6-8-37-14-26/h3-4,9-10,12,15H,5-8,13-14H2,1-2H3,(H,30,31,33). The molecule has 2 fully saturated rings. The number of amides is 1. The SMILES string of the molecule is Cc1cc(C#N)ncc1Oc1cc(Nc2ccc(C(=O)N3CCC4(CCOC4)C3)nn2)c2ncn(C)c2n1. The highest BCUT2D eigenvalue weighted by Gasteiger charge is 2.43. The first kappa shape index (κ1) is 23.7. The largest absolute Gasteiger partial charge is 0.437 e. The van der Waals surface area contributed by atoms with E-state index in [1.807, 2.05) is 24.9 Å². The summed E-state index contributed by atoms with van der Waals surface area (Å²) in [5.74, 6) is 1.13. The van der Waals surface area contributed by atoms with Crippen LogP contribution in [0.1, 0.15) is 34.6 Å². The van der Waals surface area contributed by atoms with Gasteiger partial charge in [0.1, 0.15) is 17.3 Å². The Morgan fingerprint density at radius 2 is 2.13 bits per heavy atom. The molecule has 2 saturated heterocycles. The van der Waals surface area contributed by atoms with Crippen molar-refractivity contribution < 1.29 is 14.3 Å². The van der Waals surface area contributed by atoms with Crippen LogP contribution < -0.4 is 10.1 Å². The average molecular weight is 512 g/mol. The molecule has 2 aliphatic heterocycles. The number of aromatic nitrogens is 6. The van der Waals surface area contributed by atoms with Crippen LogP contribution in [0.5, 0.6) is 11.6 Å². The van der Waals surface area contributed by atoms with Gasteiger partial charge in [0.05, 0.1) is 24.8 Å². The van der Waals surface area contributed by atoms with Crippen LogP contribution >= 0.6 is 0 Å². The van der Waals surface area contributed by atoms with E-state index in [4.69, 9.17) is 14.7 Å². The Bertz CT molecular complexity index is 1570. The summed E-state index contributed by atoms with van der Waals surface area (Å²) in [7, 11) is 1.84. The minimum Gasteiger partial charge on any atom is -0.437 e. The van der Waals surface area contributed by atoms with Crippen LogP contribution in [-0.4, -0.2) is 66.8 Å². The van der Waals surface area contributed by atoms with Crippen molar-refractivity contribution in [3.05, 3.63) is 53.7 Å². The Kier molecular flexibility index (Phi) is 5.84. The number of hydrogen-bond donors (Lipinski definition) is 1. The van der Waals surface area contributed by atoms with Gasteiger partial charge in [0.2, 0.25) is 5.88 Å². The number of anilines is 2. The van der Waals surface area contributed by atoms with Crippen LogP contribution in [0, 0.1) is 23.7 Å². The van der Waals surface area contributed by atoms with E-state index in [0.717, 1.165) is 25.0 Å². The Labute approximate surface area is 218 Å². The molecule has 0 saturated carbocycles. The van der Waals surface area contributed by atoms with Gasteiger partial charge < -0.3 is 24.3 Å². The minimum absolute atomic E-state index is 0.0894. The molecule has 0 radical (unpaired) electrons.